The number of carboxylic acids is 1. The van der Waals surface area contributed by atoms with Crippen LogP contribution in [-0.4, -0.2) is 16.1 Å². The summed E-state index contributed by atoms with van der Waals surface area (Å²) in [6.07, 6.45) is 5.68. The monoisotopic (exact) mass is 266 g/mol. The number of carboxylic acid groups (broad SMARTS) is 1. The molecule has 0 atom stereocenters. The number of anilines is 1. The summed E-state index contributed by atoms with van der Waals surface area (Å²) in [6, 6.07) is 11.8. The standard InChI is InChI=1S/C16H14N2O2/c19-16(20)14-9-13-3-1-2-4-15(13)18(11-14)10-12-5-7-17-8-6-12/h1-8,11H,9-10H2,(H,19,20). The predicted molar refractivity (Wildman–Crippen MR) is 76.3 cm³/mol. The summed E-state index contributed by atoms with van der Waals surface area (Å²) < 4.78 is 0. The van der Waals surface area contributed by atoms with Crippen LogP contribution in [0.3, 0.4) is 0 Å². The van der Waals surface area contributed by atoms with Crippen LogP contribution in [0.15, 0.2) is 60.6 Å². The molecule has 3 rings (SSSR count). The Morgan fingerprint density at radius 3 is 2.70 bits per heavy atom. The lowest BCUT2D eigenvalue weighted by molar-refractivity contribution is -0.132. The number of para-hydroxylation sites is 1. The molecular formula is C16H14N2O2. The first kappa shape index (κ1) is 12.4. The van der Waals surface area contributed by atoms with Gasteiger partial charge in [-0.3, -0.25) is 4.98 Å². The maximum atomic E-state index is 11.3. The highest BCUT2D eigenvalue weighted by Gasteiger charge is 2.20. The van der Waals surface area contributed by atoms with Gasteiger partial charge >= 0.3 is 5.97 Å². The highest BCUT2D eigenvalue weighted by molar-refractivity contribution is 5.89. The Bertz CT molecular complexity index is 665. The summed E-state index contributed by atoms with van der Waals surface area (Å²) in [5, 5.41) is 9.24. The zero-order chi connectivity index (χ0) is 13.9. The van der Waals surface area contributed by atoms with Gasteiger partial charge in [0, 0.05) is 37.2 Å². The molecule has 100 valence electrons. The van der Waals surface area contributed by atoms with E-state index in [0.717, 1.165) is 16.8 Å². The number of hydrogen-bond acceptors (Lipinski definition) is 3. The number of aliphatic carboxylic acids is 1. The van der Waals surface area contributed by atoms with E-state index in [2.05, 4.69) is 4.98 Å². The van der Waals surface area contributed by atoms with Gasteiger partial charge in [0.05, 0.1) is 5.57 Å². The first-order valence-electron chi connectivity index (χ1n) is 6.41. The second kappa shape index (κ2) is 5.17. The van der Waals surface area contributed by atoms with Gasteiger partial charge < -0.3 is 10.0 Å². The van der Waals surface area contributed by atoms with Crippen LogP contribution < -0.4 is 4.90 Å². The van der Waals surface area contributed by atoms with Crippen molar-refractivity contribution < 1.29 is 9.90 Å². The van der Waals surface area contributed by atoms with Gasteiger partial charge in [-0.25, -0.2) is 4.79 Å². The molecule has 0 saturated carbocycles. The number of benzene rings is 1. The van der Waals surface area contributed by atoms with Crippen LogP contribution in [0.1, 0.15) is 11.1 Å². The molecule has 0 saturated heterocycles. The van der Waals surface area contributed by atoms with Crippen LogP contribution in [0.4, 0.5) is 5.69 Å². The summed E-state index contributed by atoms with van der Waals surface area (Å²) in [7, 11) is 0. The fourth-order valence-electron chi connectivity index (χ4n) is 2.40. The lowest BCUT2D eigenvalue weighted by atomic mass is 9.99. The van der Waals surface area contributed by atoms with Gasteiger partial charge in [0.25, 0.3) is 0 Å². The van der Waals surface area contributed by atoms with Crippen molar-refractivity contribution >= 4 is 11.7 Å². The van der Waals surface area contributed by atoms with E-state index in [1.54, 1.807) is 18.6 Å². The van der Waals surface area contributed by atoms with Gasteiger partial charge in [-0.15, -0.1) is 0 Å². The molecule has 0 fully saturated rings. The molecule has 2 aromatic rings. The van der Waals surface area contributed by atoms with Crippen LogP contribution in [0.5, 0.6) is 0 Å². The molecule has 4 heteroatoms. The summed E-state index contributed by atoms with van der Waals surface area (Å²) in [5.74, 6) is -0.862. The zero-order valence-electron chi connectivity index (χ0n) is 10.9. The average Bonchev–Trinajstić information content (AvgIpc) is 2.48. The summed E-state index contributed by atoms with van der Waals surface area (Å²) in [5.41, 5.74) is 3.62. The van der Waals surface area contributed by atoms with Gasteiger partial charge in [0.2, 0.25) is 0 Å². The van der Waals surface area contributed by atoms with E-state index in [-0.39, 0.29) is 0 Å². The number of carbonyl (C=O) groups is 1. The number of nitrogens with zero attached hydrogens (tertiary/aromatic N) is 2. The molecule has 1 aliphatic heterocycles. The van der Waals surface area contributed by atoms with Crippen molar-refractivity contribution in [1.82, 2.24) is 4.98 Å². The predicted octanol–water partition coefficient (Wildman–Crippen LogP) is 2.61. The minimum absolute atomic E-state index is 0.415. The lowest BCUT2D eigenvalue weighted by Gasteiger charge is -2.28. The summed E-state index contributed by atoms with van der Waals surface area (Å²) in [4.78, 5) is 17.2. The SMILES string of the molecule is O=C(O)C1=CN(Cc2ccncc2)c2ccccc2C1. The topological polar surface area (TPSA) is 53.4 Å². The summed E-state index contributed by atoms with van der Waals surface area (Å²) >= 11 is 0. The molecule has 0 amide bonds. The summed E-state index contributed by atoms with van der Waals surface area (Å²) in [6.45, 7) is 0.635. The third-order valence-corrected chi connectivity index (χ3v) is 3.37. The molecule has 0 bridgehead atoms. The molecule has 1 aromatic carbocycles. The quantitative estimate of drug-likeness (QED) is 0.927. The normalized spacial score (nSPS) is 13.6. The number of aromatic nitrogens is 1. The third-order valence-electron chi connectivity index (χ3n) is 3.37. The third kappa shape index (κ3) is 2.40. The fourth-order valence-corrected chi connectivity index (χ4v) is 2.40. The fraction of sp³-hybridized carbons (Fsp3) is 0.125. The molecule has 0 radical (unpaired) electrons. The second-order valence-corrected chi connectivity index (χ2v) is 4.75. The Labute approximate surface area is 117 Å². The van der Waals surface area contributed by atoms with Gasteiger partial charge in [-0.1, -0.05) is 18.2 Å². The Kier molecular flexibility index (Phi) is 3.21. The van der Waals surface area contributed by atoms with Crippen LogP contribution in [0.25, 0.3) is 0 Å². The van der Waals surface area contributed by atoms with Crippen molar-refractivity contribution in [2.45, 2.75) is 13.0 Å². The highest BCUT2D eigenvalue weighted by Crippen LogP contribution is 2.30. The largest absolute Gasteiger partial charge is 0.478 e. The molecule has 1 aliphatic rings. The molecule has 0 unspecified atom stereocenters. The molecular weight excluding hydrogens is 252 g/mol. The van der Waals surface area contributed by atoms with E-state index >= 15 is 0 Å². The van der Waals surface area contributed by atoms with E-state index in [9.17, 15) is 9.90 Å². The molecule has 0 aliphatic carbocycles. The van der Waals surface area contributed by atoms with E-state index in [4.69, 9.17) is 0 Å². The minimum Gasteiger partial charge on any atom is -0.478 e. The molecule has 1 N–H and O–H groups in total. The van der Waals surface area contributed by atoms with Crippen molar-refractivity contribution in [2.75, 3.05) is 4.90 Å². The minimum atomic E-state index is -0.862. The number of fused-ring (bicyclic) bond motifs is 1. The van der Waals surface area contributed by atoms with E-state index in [1.165, 1.54) is 0 Å². The van der Waals surface area contributed by atoms with Crippen molar-refractivity contribution in [3.8, 4) is 0 Å². The highest BCUT2D eigenvalue weighted by atomic mass is 16.4. The van der Waals surface area contributed by atoms with E-state index in [1.807, 2.05) is 41.3 Å². The number of rotatable bonds is 3. The van der Waals surface area contributed by atoms with Crippen molar-refractivity contribution in [1.29, 1.82) is 0 Å². The second-order valence-electron chi connectivity index (χ2n) is 4.75. The van der Waals surface area contributed by atoms with E-state index < -0.39 is 5.97 Å². The first-order valence-corrected chi connectivity index (χ1v) is 6.41. The van der Waals surface area contributed by atoms with Crippen LogP contribution in [0.2, 0.25) is 0 Å². The van der Waals surface area contributed by atoms with Crippen LogP contribution in [-0.2, 0) is 17.8 Å². The molecule has 4 nitrogen and oxygen atoms in total. The van der Waals surface area contributed by atoms with Crippen LogP contribution >= 0.6 is 0 Å². The lowest BCUT2D eigenvalue weighted by Crippen LogP contribution is -2.24. The van der Waals surface area contributed by atoms with Crippen molar-refractivity contribution in [3.63, 3.8) is 0 Å². The Hall–Kier alpha value is -2.62. The molecule has 2 heterocycles. The maximum Gasteiger partial charge on any atom is 0.333 e. The van der Waals surface area contributed by atoms with E-state index in [0.29, 0.717) is 18.5 Å². The van der Waals surface area contributed by atoms with Gasteiger partial charge in [-0.05, 0) is 29.3 Å². The average molecular weight is 266 g/mol. The van der Waals surface area contributed by atoms with Crippen molar-refractivity contribution in [2.24, 2.45) is 0 Å². The Balaban J connectivity index is 1.97. The van der Waals surface area contributed by atoms with Gasteiger partial charge in [0.15, 0.2) is 0 Å². The van der Waals surface area contributed by atoms with Crippen molar-refractivity contribution in [3.05, 3.63) is 71.7 Å². The zero-order valence-corrected chi connectivity index (χ0v) is 10.9. The van der Waals surface area contributed by atoms with Gasteiger partial charge in [-0.2, -0.15) is 0 Å². The molecule has 20 heavy (non-hydrogen) atoms. The van der Waals surface area contributed by atoms with Gasteiger partial charge in [0.1, 0.15) is 0 Å². The smallest absolute Gasteiger partial charge is 0.333 e. The number of pyridine rings is 1. The Morgan fingerprint density at radius 2 is 1.95 bits per heavy atom. The van der Waals surface area contributed by atoms with Crippen LogP contribution in [0, 0.1) is 0 Å². The number of hydrogen-bond donors (Lipinski definition) is 1. The molecule has 0 spiro atoms. The maximum absolute atomic E-state index is 11.3. The Morgan fingerprint density at radius 1 is 1.20 bits per heavy atom. The molecule has 1 aromatic heterocycles. The first-order chi connectivity index (χ1) is 9.74.